The van der Waals surface area contributed by atoms with E-state index in [-0.39, 0.29) is 6.03 Å². The van der Waals surface area contributed by atoms with Crippen LogP contribution in [0.4, 0.5) is 52.5 Å². The zero-order valence-corrected chi connectivity index (χ0v) is 22.4. The van der Waals surface area contributed by atoms with Gasteiger partial charge >= 0.3 is 18.2 Å². The number of urea groups is 1. The van der Waals surface area contributed by atoms with Gasteiger partial charge in [0.15, 0.2) is 5.82 Å². The Labute approximate surface area is 241 Å². The standard InChI is InChI=1S/C25H20Cl2N6O.C2HF3O2/c26-19-6-1-2-7-22(19)32-25(34)31-21-11-10-18-13-16(21)9-8-15-4-3-5-17(12-15)30-24-28-14-20(27)23(29-18)33-24;3-2(4,5)1(6)7/h1-7,10-14H,8-9H2,(H2,31,32,34)(H2,28,29,30,33);(H,6,7). The van der Waals surface area contributed by atoms with Gasteiger partial charge in [-0.2, -0.15) is 18.2 Å². The summed E-state index contributed by atoms with van der Waals surface area (Å²) in [5, 5.41) is 20.2. The number of fused-ring (bicyclic) bond motifs is 6. The Morgan fingerprint density at radius 3 is 2.29 bits per heavy atom. The minimum atomic E-state index is -5.08. The summed E-state index contributed by atoms with van der Waals surface area (Å²) < 4.78 is 31.7. The molecule has 14 heteroatoms. The minimum absolute atomic E-state index is 0.373. The molecular weight excluding hydrogens is 584 g/mol. The van der Waals surface area contributed by atoms with Crippen LogP contribution in [0.25, 0.3) is 0 Å². The van der Waals surface area contributed by atoms with Gasteiger partial charge in [0.1, 0.15) is 5.02 Å². The predicted molar refractivity (Wildman–Crippen MR) is 152 cm³/mol. The molecule has 5 N–H and O–H groups in total. The van der Waals surface area contributed by atoms with Gasteiger partial charge in [-0.05, 0) is 66.4 Å². The number of carbonyl (C=O) groups is 2. The molecule has 0 unspecified atom stereocenters. The van der Waals surface area contributed by atoms with Crippen molar-refractivity contribution in [1.82, 2.24) is 9.97 Å². The first-order chi connectivity index (χ1) is 19.5. The monoisotopic (exact) mass is 604 g/mol. The Morgan fingerprint density at radius 1 is 0.854 bits per heavy atom. The molecule has 212 valence electrons. The molecule has 2 amide bonds. The molecule has 0 radical (unpaired) electrons. The van der Waals surface area contributed by atoms with E-state index in [4.69, 9.17) is 33.1 Å². The van der Waals surface area contributed by atoms with Gasteiger partial charge in [0, 0.05) is 17.1 Å². The molecule has 4 aromatic rings. The number of nitrogens with one attached hydrogen (secondary N) is 4. The van der Waals surface area contributed by atoms with Crippen LogP contribution in [0.15, 0.2) is 72.9 Å². The number of aromatic nitrogens is 2. The molecular formula is C27H21Cl2F3N6O3. The fraction of sp³-hybridized carbons (Fsp3) is 0.111. The summed E-state index contributed by atoms with van der Waals surface area (Å²) in [5.41, 5.74) is 5.02. The number of carbonyl (C=O) groups excluding carboxylic acids is 1. The summed E-state index contributed by atoms with van der Waals surface area (Å²) >= 11 is 12.5. The molecule has 2 heterocycles. The Kier molecular flexibility index (Phi) is 9.15. The number of halogens is 5. The van der Waals surface area contributed by atoms with Crippen LogP contribution in [0.5, 0.6) is 0 Å². The summed E-state index contributed by atoms with van der Waals surface area (Å²) in [6.07, 6.45) is -2.05. The fourth-order valence-electron chi connectivity index (χ4n) is 3.70. The van der Waals surface area contributed by atoms with E-state index in [1.54, 1.807) is 18.3 Å². The lowest BCUT2D eigenvalue weighted by molar-refractivity contribution is -0.192. The van der Waals surface area contributed by atoms with Crippen molar-refractivity contribution in [3.63, 3.8) is 0 Å². The molecule has 0 spiro atoms. The van der Waals surface area contributed by atoms with E-state index in [9.17, 15) is 18.0 Å². The molecule has 3 aromatic carbocycles. The molecule has 6 bridgehead atoms. The van der Waals surface area contributed by atoms with E-state index >= 15 is 0 Å². The van der Waals surface area contributed by atoms with Gasteiger partial charge < -0.3 is 26.4 Å². The minimum Gasteiger partial charge on any atom is -0.475 e. The number of hydrogen-bond donors (Lipinski definition) is 5. The number of aryl methyl sites for hydroxylation is 2. The summed E-state index contributed by atoms with van der Waals surface area (Å²) in [5.74, 6) is -1.83. The molecule has 1 aliphatic heterocycles. The zero-order chi connectivity index (χ0) is 29.6. The van der Waals surface area contributed by atoms with Crippen LogP contribution >= 0.6 is 23.2 Å². The predicted octanol–water partition coefficient (Wildman–Crippen LogP) is 7.65. The topological polar surface area (TPSA) is 128 Å². The van der Waals surface area contributed by atoms with Crippen molar-refractivity contribution in [3.05, 3.63) is 94.1 Å². The average molecular weight is 605 g/mol. The highest BCUT2D eigenvalue weighted by Gasteiger charge is 2.38. The lowest BCUT2D eigenvalue weighted by atomic mass is 10.0. The number of nitrogens with zero attached hydrogens (tertiary/aromatic N) is 2. The second-order valence-corrected chi connectivity index (χ2v) is 9.39. The van der Waals surface area contributed by atoms with Crippen LogP contribution in [-0.2, 0) is 17.6 Å². The summed E-state index contributed by atoms with van der Waals surface area (Å²) in [6, 6.07) is 20.5. The largest absolute Gasteiger partial charge is 0.490 e. The smallest absolute Gasteiger partial charge is 0.475 e. The van der Waals surface area contributed by atoms with Crippen molar-refractivity contribution < 1.29 is 27.9 Å². The van der Waals surface area contributed by atoms with Crippen LogP contribution in [0, 0.1) is 0 Å². The highest BCUT2D eigenvalue weighted by Crippen LogP contribution is 2.30. The molecule has 41 heavy (non-hydrogen) atoms. The van der Waals surface area contributed by atoms with Gasteiger partial charge in [0.25, 0.3) is 0 Å². The number of hydrogen-bond acceptors (Lipinski definition) is 6. The van der Waals surface area contributed by atoms with E-state index in [1.807, 2.05) is 42.5 Å². The normalized spacial score (nSPS) is 12.0. The number of anilines is 6. The number of alkyl halides is 3. The summed E-state index contributed by atoms with van der Waals surface area (Å²) in [6.45, 7) is 0. The molecule has 1 aliphatic rings. The first-order valence-corrected chi connectivity index (χ1v) is 12.6. The van der Waals surface area contributed by atoms with Gasteiger partial charge in [-0.25, -0.2) is 14.6 Å². The first-order valence-electron chi connectivity index (χ1n) is 11.9. The van der Waals surface area contributed by atoms with Crippen LogP contribution in [-0.4, -0.2) is 33.3 Å². The Bertz CT molecular complexity index is 1590. The Hall–Kier alpha value is -4.55. The summed E-state index contributed by atoms with van der Waals surface area (Å²) in [7, 11) is 0. The van der Waals surface area contributed by atoms with E-state index < -0.39 is 12.1 Å². The molecule has 0 saturated carbocycles. The van der Waals surface area contributed by atoms with Gasteiger partial charge in [0.05, 0.1) is 16.9 Å². The van der Waals surface area contributed by atoms with E-state index in [0.717, 1.165) is 28.9 Å². The Balaban J connectivity index is 0.000000493. The number of carboxylic acid groups (broad SMARTS) is 1. The van der Waals surface area contributed by atoms with E-state index in [1.165, 1.54) is 0 Å². The van der Waals surface area contributed by atoms with Crippen LogP contribution in [0.3, 0.4) is 0 Å². The van der Waals surface area contributed by atoms with Crippen molar-refractivity contribution in [2.75, 3.05) is 21.3 Å². The lowest BCUT2D eigenvalue weighted by Gasteiger charge is -2.15. The third kappa shape index (κ3) is 8.22. The third-order valence-electron chi connectivity index (χ3n) is 5.59. The highest BCUT2D eigenvalue weighted by atomic mass is 35.5. The van der Waals surface area contributed by atoms with Crippen molar-refractivity contribution >= 4 is 69.7 Å². The summed E-state index contributed by atoms with van der Waals surface area (Å²) in [4.78, 5) is 30.4. The average Bonchev–Trinajstić information content (AvgIpc) is 2.92. The number of benzene rings is 3. The van der Waals surface area contributed by atoms with Crippen molar-refractivity contribution in [2.45, 2.75) is 19.0 Å². The maximum atomic E-state index is 12.7. The van der Waals surface area contributed by atoms with Crippen LogP contribution in [0.2, 0.25) is 10.0 Å². The Morgan fingerprint density at radius 2 is 1.56 bits per heavy atom. The van der Waals surface area contributed by atoms with E-state index in [0.29, 0.717) is 39.6 Å². The van der Waals surface area contributed by atoms with Gasteiger partial charge in [-0.3, -0.25) is 0 Å². The third-order valence-corrected chi connectivity index (χ3v) is 6.20. The van der Waals surface area contributed by atoms with Gasteiger partial charge in [-0.15, -0.1) is 0 Å². The molecule has 0 fully saturated rings. The van der Waals surface area contributed by atoms with Gasteiger partial charge in [0.2, 0.25) is 5.95 Å². The highest BCUT2D eigenvalue weighted by molar-refractivity contribution is 6.34. The second-order valence-electron chi connectivity index (χ2n) is 8.57. The zero-order valence-electron chi connectivity index (χ0n) is 20.9. The maximum Gasteiger partial charge on any atom is 0.490 e. The fourth-order valence-corrected chi connectivity index (χ4v) is 4.02. The van der Waals surface area contributed by atoms with Crippen molar-refractivity contribution in [3.8, 4) is 0 Å². The lowest BCUT2D eigenvalue weighted by Crippen LogP contribution is -2.21. The first kappa shape index (κ1) is 29.4. The quantitative estimate of drug-likeness (QED) is 0.159. The number of carboxylic acids is 1. The van der Waals surface area contributed by atoms with Crippen LogP contribution in [0.1, 0.15) is 11.1 Å². The van der Waals surface area contributed by atoms with Crippen molar-refractivity contribution in [2.24, 2.45) is 0 Å². The van der Waals surface area contributed by atoms with E-state index in [2.05, 4.69) is 43.4 Å². The number of rotatable bonds is 2. The number of amides is 2. The molecule has 0 atom stereocenters. The number of para-hydroxylation sites is 1. The van der Waals surface area contributed by atoms with Crippen LogP contribution < -0.4 is 21.3 Å². The molecule has 1 aromatic heterocycles. The second kappa shape index (κ2) is 12.7. The molecule has 5 rings (SSSR count). The molecule has 0 saturated heterocycles. The van der Waals surface area contributed by atoms with Gasteiger partial charge in [-0.1, -0.05) is 47.5 Å². The number of aliphatic carboxylic acids is 1. The molecule has 9 nitrogen and oxygen atoms in total. The van der Waals surface area contributed by atoms with Crippen molar-refractivity contribution in [1.29, 1.82) is 0 Å². The molecule has 0 aliphatic carbocycles. The SMILES string of the molecule is O=C(Nc1ccccc1Cl)Nc1ccc2cc1CCc1cccc(c1)Nc1ncc(Cl)c(n1)N2.O=C(O)C(F)(F)F. The maximum absolute atomic E-state index is 12.7.